The van der Waals surface area contributed by atoms with E-state index in [9.17, 15) is 0 Å². The third-order valence-electron chi connectivity index (χ3n) is 0.641. The van der Waals surface area contributed by atoms with Crippen molar-refractivity contribution in [2.75, 3.05) is 0 Å². The SMILES string of the molecule is C=C(C)N=C(Cl)C(=C)C. The van der Waals surface area contributed by atoms with Crippen LogP contribution >= 0.6 is 11.6 Å². The molecule has 0 amide bonds. The minimum Gasteiger partial charge on any atom is -0.242 e. The summed E-state index contributed by atoms with van der Waals surface area (Å²) in [6.45, 7) is 10.8. The van der Waals surface area contributed by atoms with E-state index >= 15 is 0 Å². The first-order valence-corrected chi connectivity index (χ1v) is 2.97. The summed E-state index contributed by atoms with van der Waals surface area (Å²) in [5.41, 5.74) is 1.46. The normalized spacial score (nSPS) is 11.2. The Bertz CT molecular complexity index is 168. The average molecular weight is 144 g/mol. The van der Waals surface area contributed by atoms with E-state index in [4.69, 9.17) is 11.6 Å². The molecule has 0 unspecified atom stereocenters. The van der Waals surface area contributed by atoms with Gasteiger partial charge < -0.3 is 0 Å². The third kappa shape index (κ3) is 3.98. The van der Waals surface area contributed by atoms with Crippen LogP contribution in [0.3, 0.4) is 0 Å². The molecule has 0 saturated carbocycles. The topological polar surface area (TPSA) is 12.4 Å². The summed E-state index contributed by atoms with van der Waals surface area (Å²) >= 11 is 5.60. The van der Waals surface area contributed by atoms with Crippen molar-refractivity contribution in [3.8, 4) is 0 Å². The number of rotatable bonds is 2. The molecular weight excluding hydrogens is 134 g/mol. The zero-order valence-corrected chi connectivity index (χ0v) is 6.50. The van der Waals surface area contributed by atoms with E-state index in [1.165, 1.54) is 0 Å². The lowest BCUT2D eigenvalue weighted by molar-refractivity contribution is 1.33. The Morgan fingerprint density at radius 1 is 1.33 bits per heavy atom. The number of hydrogen-bond acceptors (Lipinski definition) is 1. The van der Waals surface area contributed by atoms with Crippen LogP contribution in [0.25, 0.3) is 0 Å². The van der Waals surface area contributed by atoms with E-state index in [1.54, 1.807) is 13.8 Å². The van der Waals surface area contributed by atoms with Crippen LogP contribution < -0.4 is 0 Å². The Labute approximate surface area is 60.7 Å². The molecule has 0 aromatic rings. The van der Waals surface area contributed by atoms with E-state index in [1.807, 2.05) is 0 Å². The van der Waals surface area contributed by atoms with E-state index in [0.29, 0.717) is 10.9 Å². The maximum absolute atomic E-state index is 5.60. The molecule has 0 aromatic heterocycles. The minimum atomic E-state index is 0.433. The predicted octanol–water partition coefficient (Wildman–Crippen LogP) is 2.73. The first kappa shape index (κ1) is 8.44. The van der Waals surface area contributed by atoms with Crippen molar-refractivity contribution in [3.05, 3.63) is 24.4 Å². The molecule has 0 bridgehead atoms. The Kier molecular flexibility index (Phi) is 3.25. The molecule has 0 N–H and O–H groups in total. The predicted molar refractivity (Wildman–Crippen MR) is 42.9 cm³/mol. The fourth-order valence-electron chi connectivity index (χ4n) is 0.263. The quantitative estimate of drug-likeness (QED) is 0.527. The van der Waals surface area contributed by atoms with Crippen molar-refractivity contribution < 1.29 is 0 Å². The van der Waals surface area contributed by atoms with Crippen molar-refractivity contribution in [3.63, 3.8) is 0 Å². The molecule has 0 atom stereocenters. The van der Waals surface area contributed by atoms with Gasteiger partial charge in [0.15, 0.2) is 0 Å². The number of allylic oxidation sites excluding steroid dienone is 2. The van der Waals surface area contributed by atoms with Crippen LogP contribution in [0.4, 0.5) is 0 Å². The lowest BCUT2D eigenvalue weighted by Crippen LogP contribution is -1.86. The van der Waals surface area contributed by atoms with Crippen molar-refractivity contribution >= 4 is 16.8 Å². The highest BCUT2D eigenvalue weighted by atomic mass is 35.5. The van der Waals surface area contributed by atoms with Gasteiger partial charge in [-0.25, -0.2) is 4.99 Å². The molecule has 0 aliphatic heterocycles. The Balaban J connectivity index is 4.17. The second-order valence-electron chi connectivity index (χ2n) is 1.92. The van der Waals surface area contributed by atoms with E-state index in [-0.39, 0.29) is 0 Å². The molecule has 2 heteroatoms. The molecule has 0 fully saturated rings. The second kappa shape index (κ2) is 3.46. The molecule has 0 rings (SSSR count). The molecule has 9 heavy (non-hydrogen) atoms. The van der Waals surface area contributed by atoms with Gasteiger partial charge in [0.05, 0.1) is 0 Å². The zero-order chi connectivity index (χ0) is 7.44. The summed E-state index contributed by atoms with van der Waals surface area (Å²) in [6.07, 6.45) is 0. The summed E-state index contributed by atoms with van der Waals surface area (Å²) in [5, 5.41) is 0.433. The van der Waals surface area contributed by atoms with Gasteiger partial charge in [-0.1, -0.05) is 24.8 Å². The summed E-state index contributed by atoms with van der Waals surface area (Å²) in [7, 11) is 0. The van der Waals surface area contributed by atoms with Crippen LogP contribution in [0.15, 0.2) is 29.4 Å². The smallest absolute Gasteiger partial charge is 0.131 e. The van der Waals surface area contributed by atoms with Gasteiger partial charge in [-0.3, -0.25) is 0 Å². The van der Waals surface area contributed by atoms with Crippen LogP contribution in [-0.2, 0) is 0 Å². The van der Waals surface area contributed by atoms with Gasteiger partial charge in [0.25, 0.3) is 0 Å². The molecule has 0 aliphatic rings. The molecule has 0 aromatic carbocycles. The lowest BCUT2D eigenvalue weighted by Gasteiger charge is -1.92. The lowest BCUT2D eigenvalue weighted by atomic mass is 10.4. The van der Waals surface area contributed by atoms with E-state index in [2.05, 4.69) is 18.2 Å². The molecule has 0 spiro atoms. The Morgan fingerprint density at radius 2 is 1.78 bits per heavy atom. The zero-order valence-electron chi connectivity index (χ0n) is 5.74. The molecular formula is C7H10ClN. The Hall–Kier alpha value is -0.560. The molecule has 50 valence electrons. The number of halogens is 1. The van der Waals surface area contributed by atoms with Gasteiger partial charge in [-0.05, 0) is 19.4 Å². The van der Waals surface area contributed by atoms with Gasteiger partial charge in [-0.2, -0.15) is 0 Å². The van der Waals surface area contributed by atoms with Crippen LogP contribution in [0.2, 0.25) is 0 Å². The highest BCUT2D eigenvalue weighted by Crippen LogP contribution is 2.01. The maximum atomic E-state index is 5.60. The van der Waals surface area contributed by atoms with Gasteiger partial charge in [0.2, 0.25) is 0 Å². The summed E-state index contributed by atoms with van der Waals surface area (Å²) in [6, 6.07) is 0. The van der Waals surface area contributed by atoms with Gasteiger partial charge in [0.1, 0.15) is 5.17 Å². The first-order valence-electron chi connectivity index (χ1n) is 2.59. The summed E-state index contributed by atoms with van der Waals surface area (Å²) < 4.78 is 0. The second-order valence-corrected chi connectivity index (χ2v) is 2.28. The Morgan fingerprint density at radius 3 is 1.89 bits per heavy atom. The first-order chi connectivity index (χ1) is 4.04. The molecule has 1 nitrogen and oxygen atoms in total. The average Bonchev–Trinajstić information content (AvgIpc) is 1.63. The van der Waals surface area contributed by atoms with Crippen LogP contribution in [0, 0.1) is 0 Å². The van der Waals surface area contributed by atoms with Crippen molar-refractivity contribution in [1.82, 2.24) is 0 Å². The van der Waals surface area contributed by atoms with E-state index < -0.39 is 0 Å². The third-order valence-corrected chi connectivity index (χ3v) is 1.05. The molecule has 0 radical (unpaired) electrons. The van der Waals surface area contributed by atoms with Gasteiger partial charge in [0, 0.05) is 5.70 Å². The minimum absolute atomic E-state index is 0.433. The largest absolute Gasteiger partial charge is 0.242 e. The van der Waals surface area contributed by atoms with Crippen LogP contribution in [0.1, 0.15) is 13.8 Å². The number of aliphatic imine (C=N–C) groups is 1. The van der Waals surface area contributed by atoms with Crippen molar-refractivity contribution in [2.45, 2.75) is 13.8 Å². The molecule has 0 heterocycles. The number of nitrogens with zero attached hydrogens (tertiary/aromatic N) is 1. The fourth-order valence-corrected chi connectivity index (χ4v) is 0.407. The highest BCUT2D eigenvalue weighted by molar-refractivity contribution is 6.69. The standard InChI is InChI=1S/C7H10ClN/c1-5(2)7(8)9-6(3)4/h1,3H2,2,4H3. The van der Waals surface area contributed by atoms with E-state index in [0.717, 1.165) is 5.57 Å². The van der Waals surface area contributed by atoms with Gasteiger partial charge >= 0.3 is 0 Å². The number of hydrogen-bond donors (Lipinski definition) is 0. The summed E-state index contributed by atoms with van der Waals surface area (Å²) in [5.74, 6) is 0. The highest BCUT2D eigenvalue weighted by Gasteiger charge is 1.91. The fraction of sp³-hybridized carbons (Fsp3) is 0.286. The van der Waals surface area contributed by atoms with Crippen molar-refractivity contribution in [2.24, 2.45) is 4.99 Å². The summed E-state index contributed by atoms with van der Waals surface area (Å²) in [4.78, 5) is 3.86. The van der Waals surface area contributed by atoms with Crippen LogP contribution in [0.5, 0.6) is 0 Å². The van der Waals surface area contributed by atoms with Crippen molar-refractivity contribution in [1.29, 1.82) is 0 Å². The molecule has 0 aliphatic carbocycles. The van der Waals surface area contributed by atoms with Gasteiger partial charge in [-0.15, -0.1) is 0 Å². The maximum Gasteiger partial charge on any atom is 0.131 e. The van der Waals surface area contributed by atoms with Crippen LogP contribution in [-0.4, -0.2) is 5.17 Å². The molecule has 0 saturated heterocycles. The monoisotopic (exact) mass is 143 g/mol.